The van der Waals surface area contributed by atoms with E-state index in [0.717, 1.165) is 5.56 Å². The molecule has 0 fully saturated rings. The highest BCUT2D eigenvalue weighted by molar-refractivity contribution is 5.82. The lowest BCUT2D eigenvalue weighted by Crippen LogP contribution is -2.45. The zero-order valence-corrected chi connectivity index (χ0v) is 13.2. The monoisotopic (exact) mass is 307 g/mol. The second-order valence-electron chi connectivity index (χ2n) is 6.14. The number of ketones is 1. The fraction of sp³-hybridized carbons (Fsp3) is 0.529. The highest BCUT2D eigenvalue weighted by Gasteiger charge is 2.32. The molecule has 0 unspecified atom stereocenters. The Bertz CT molecular complexity index is 485. The molecule has 5 heteroatoms. The van der Waals surface area contributed by atoms with E-state index < -0.39 is 17.4 Å². The van der Waals surface area contributed by atoms with E-state index in [4.69, 9.17) is 5.11 Å². The van der Waals surface area contributed by atoms with Crippen LogP contribution in [-0.2, 0) is 16.0 Å². The average Bonchev–Trinajstić information content (AvgIpc) is 2.51. The normalized spacial score (nSPS) is 12.7. The molecule has 1 atom stereocenters. The van der Waals surface area contributed by atoms with Gasteiger partial charge in [0.15, 0.2) is 0 Å². The Morgan fingerprint density at radius 3 is 2.45 bits per heavy atom. The smallest absolute Gasteiger partial charge is 0.249 e. The molecule has 1 aromatic carbocycles. The zero-order valence-electron chi connectivity index (χ0n) is 13.2. The number of benzene rings is 1. The first-order valence-corrected chi connectivity index (χ1v) is 7.49. The summed E-state index contributed by atoms with van der Waals surface area (Å²) < 4.78 is 0. The Morgan fingerprint density at radius 2 is 1.86 bits per heavy atom. The van der Waals surface area contributed by atoms with Gasteiger partial charge in [-0.25, -0.2) is 0 Å². The molecule has 1 rings (SSSR count). The maximum atomic E-state index is 11.8. The first kappa shape index (κ1) is 18.3. The summed E-state index contributed by atoms with van der Waals surface area (Å²) in [6.45, 7) is 3.27. The topological polar surface area (TPSA) is 86.6 Å². The van der Waals surface area contributed by atoms with Crippen LogP contribution in [-0.4, -0.2) is 41.2 Å². The van der Waals surface area contributed by atoms with E-state index >= 15 is 0 Å². The van der Waals surface area contributed by atoms with Crippen LogP contribution in [0.25, 0.3) is 0 Å². The van der Waals surface area contributed by atoms with Crippen LogP contribution >= 0.6 is 0 Å². The van der Waals surface area contributed by atoms with Crippen molar-refractivity contribution in [2.24, 2.45) is 5.41 Å². The van der Waals surface area contributed by atoms with Gasteiger partial charge >= 0.3 is 0 Å². The van der Waals surface area contributed by atoms with E-state index in [2.05, 4.69) is 5.32 Å². The van der Waals surface area contributed by atoms with E-state index in [1.807, 2.05) is 30.3 Å². The van der Waals surface area contributed by atoms with Crippen LogP contribution in [0.2, 0.25) is 0 Å². The van der Waals surface area contributed by atoms with Crippen LogP contribution in [0.5, 0.6) is 0 Å². The Hall–Kier alpha value is -1.72. The second kappa shape index (κ2) is 8.66. The summed E-state index contributed by atoms with van der Waals surface area (Å²) in [6.07, 6.45) is 0.0466. The number of aliphatic hydroxyl groups is 2. The van der Waals surface area contributed by atoms with Crippen LogP contribution in [0.4, 0.5) is 0 Å². The number of nitrogens with one attached hydrogen (secondary N) is 1. The number of hydrogen-bond donors (Lipinski definition) is 3. The number of rotatable bonds is 9. The molecular formula is C17H25NO4. The summed E-state index contributed by atoms with van der Waals surface area (Å²) >= 11 is 0. The van der Waals surface area contributed by atoms with Gasteiger partial charge < -0.3 is 15.5 Å². The van der Waals surface area contributed by atoms with Crippen molar-refractivity contribution in [1.29, 1.82) is 0 Å². The number of Topliss-reactive ketones (excluding diaryl/α,β-unsaturated/α-hetero) is 1. The van der Waals surface area contributed by atoms with Crippen LogP contribution in [0.15, 0.2) is 30.3 Å². The molecule has 3 N–H and O–H groups in total. The fourth-order valence-electron chi connectivity index (χ4n) is 1.95. The van der Waals surface area contributed by atoms with Crippen molar-refractivity contribution >= 4 is 11.7 Å². The maximum Gasteiger partial charge on any atom is 0.249 e. The zero-order chi connectivity index (χ0) is 16.6. The fourth-order valence-corrected chi connectivity index (χ4v) is 1.95. The molecule has 1 amide bonds. The largest absolute Gasteiger partial charge is 0.396 e. The minimum atomic E-state index is -1.27. The molecule has 0 spiro atoms. The lowest BCUT2D eigenvalue weighted by molar-refractivity contribution is -0.137. The molecule has 22 heavy (non-hydrogen) atoms. The number of hydrogen-bond acceptors (Lipinski definition) is 4. The lowest BCUT2D eigenvalue weighted by atomic mass is 9.87. The minimum absolute atomic E-state index is 0.122. The van der Waals surface area contributed by atoms with E-state index in [0.29, 0.717) is 25.8 Å². The quantitative estimate of drug-likeness (QED) is 0.596. The van der Waals surface area contributed by atoms with Gasteiger partial charge in [-0.05, 0) is 12.0 Å². The predicted molar refractivity (Wildman–Crippen MR) is 84.3 cm³/mol. The van der Waals surface area contributed by atoms with Gasteiger partial charge in [0.25, 0.3) is 0 Å². The van der Waals surface area contributed by atoms with Crippen molar-refractivity contribution < 1.29 is 19.8 Å². The van der Waals surface area contributed by atoms with Crippen molar-refractivity contribution in [3.8, 4) is 0 Å². The standard InChI is InChI=1S/C17H25NO4/c1-17(2,12-19)15(21)16(22)18-10-6-9-14(20)11-13-7-4-3-5-8-13/h3-5,7-8,15,19,21H,6,9-12H2,1-2H3,(H,18,22)/t15-/m0/s1. The highest BCUT2D eigenvalue weighted by Crippen LogP contribution is 2.19. The van der Waals surface area contributed by atoms with Crippen molar-refractivity contribution in [2.45, 2.75) is 39.2 Å². The van der Waals surface area contributed by atoms with Gasteiger partial charge in [0.2, 0.25) is 5.91 Å². The minimum Gasteiger partial charge on any atom is -0.396 e. The van der Waals surface area contributed by atoms with Crippen LogP contribution in [0.1, 0.15) is 32.3 Å². The summed E-state index contributed by atoms with van der Waals surface area (Å²) in [5, 5.41) is 21.5. The second-order valence-corrected chi connectivity index (χ2v) is 6.14. The van der Waals surface area contributed by atoms with Gasteiger partial charge in [0.05, 0.1) is 6.61 Å². The third-order valence-electron chi connectivity index (χ3n) is 3.57. The van der Waals surface area contributed by atoms with Crippen molar-refractivity contribution in [3.63, 3.8) is 0 Å². The van der Waals surface area contributed by atoms with Gasteiger partial charge in [-0.15, -0.1) is 0 Å². The Balaban J connectivity index is 2.25. The number of amides is 1. The average molecular weight is 307 g/mol. The summed E-state index contributed by atoms with van der Waals surface area (Å²) in [7, 11) is 0. The molecule has 0 radical (unpaired) electrons. The molecule has 0 heterocycles. The van der Waals surface area contributed by atoms with Crippen LogP contribution < -0.4 is 5.32 Å². The summed E-state index contributed by atoms with van der Waals surface area (Å²) in [4.78, 5) is 23.5. The molecule has 0 aliphatic carbocycles. The highest BCUT2D eigenvalue weighted by atomic mass is 16.3. The summed E-state index contributed by atoms with van der Waals surface area (Å²) in [6, 6.07) is 9.52. The Morgan fingerprint density at radius 1 is 1.23 bits per heavy atom. The van der Waals surface area contributed by atoms with E-state index in [1.54, 1.807) is 13.8 Å². The first-order chi connectivity index (χ1) is 10.4. The van der Waals surface area contributed by atoms with Gasteiger partial charge in [-0.1, -0.05) is 44.2 Å². The lowest BCUT2D eigenvalue weighted by Gasteiger charge is -2.27. The number of carbonyl (C=O) groups is 2. The van der Waals surface area contributed by atoms with E-state index in [1.165, 1.54) is 0 Å². The molecule has 0 saturated heterocycles. The van der Waals surface area contributed by atoms with Gasteiger partial charge in [0.1, 0.15) is 11.9 Å². The van der Waals surface area contributed by atoms with Gasteiger partial charge in [-0.2, -0.15) is 0 Å². The van der Waals surface area contributed by atoms with E-state index in [-0.39, 0.29) is 12.4 Å². The Labute approximate surface area is 131 Å². The molecule has 5 nitrogen and oxygen atoms in total. The van der Waals surface area contributed by atoms with Crippen molar-refractivity contribution in [1.82, 2.24) is 5.32 Å². The van der Waals surface area contributed by atoms with E-state index in [9.17, 15) is 14.7 Å². The molecule has 0 aliphatic rings. The molecule has 0 aromatic heterocycles. The van der Waals surface area contributed by atoms with Gasteiger partial charge in [-0.3, -0.25) is 9.59 Å². The van der Waals surface area contributed by atoms with Gasteiger partial charge in [0, 0.05) is 24.8 Å². The molecule has 122 valence electrons. The third-order valence-corrected chi connectivity index (χ3v) is 3.57. The predicted octanol–water partition coefficient (Wildman–Crippen LogP) is 1.07. The van der Waals surface area contributed by atoms with Crippen LogP contribution in [0.3, 0.4) is 0 Å². The van der Waals surface area contributed by atoms with Crippen molar-refractivity contribution in [2.75, 3.05) is 13.2 Å². The first-order valence-electron chi connectivity index (χ1n) is 7.49. The molecule has 0 aliphatic heterocycles. The van der Waals surface area contributed by atoms with Crippen LogP contribution in [0, 0.1) is 5.41 Å². The SMILES string of the molecule is CC(C)(CO)[C@@H](O)C(=O)NCCCC(=O)Cc1ccccc1. The van der Waals surface area contributed by atoms with Crippen molar-refractivity contribution in [3.05, 3.63) is 35.9 Å². The molecular weight excluding hydrogens is 282 g/mol. The molecule has 1 aromatic rings. The summed E-state index contributed by atoms with van der Waals surface area (Å²) in [5.74, 6) is -0.397. The molecule has 0 saturated carbocycles. The molecule has 0 bridgehead atoms. The Kier molecular flexibility index (Phi) is 7.21. The summed E-state index contributed by atoms with van der Waals surface area (Å²) in [5.41, 5.74) is 0.101. The number of aliphatic hydroxyl groups excluding tert-OH is 2. The number of carbonyl (C=O) groups excluding carboxylic acids is 2. The maximum absolute atomic E-state index is 11.8. The third kappa shape index (κ3) is 5.95.